The van der Waals surface area contributed by atoms with Crippen LogP contribution in [-0.2, 0) is 6.42 Å². The van der Waals surface area contributed by atoms with Gasteiger partial charge in [0.2, 0.25) is 0 Å². The van der Waals surface area contributed by atoms with Gasteiger partial charge >= 0.3 is 0 Å². The van der Waals surface area contributed by atoms with Gasteiger partial charge in [-0.05, 0) is 63.8 Å². The third kappa shape index (κ3) is 3.82. The molecule has 0 aliphatic heterocycles. The molecule has 1 aliphatic carbocycles. The summed E-state index contributed by atoms with van der Waals surface area (Å²) >= 11 is 0. The first-order valence-electron chi connectivity index (χ1n) is 11.2. The zero-order valence-electron chi connectivity index (χ0n) is 19.9. The minimum Gasteiger partial charge on any atom is -0.203 e. The van der Waals surface area contributed by atoms with Gasteiger partial charge in [0.1, 0.15) is 0 Å². The van der Waals surface area contributed by atoms with Crippen molar-refractivity contribution in [1.29, 1.82) is 0 Å². The molecule has 5 heteroatoms. The van der Waals surface area contributed by atoms with E-state index in [1.807, 2.05) is 95.3 Å². The summed E-state index contributed by atoms with van der Waals surface area (Å²) in [6, 6.07) is 18.2. The van der Waals surface area contributed by atoms with Crippen LogP contribution in [-0.4, -0.2) is 0 Å². The minimum atomic E-state index is -1.76. The molecule has 0 atom stereocenters. The molecule has 0 N–H and O–H groups in total. The second-order valence-electron chi connectivity index (χ2n) is 9.10. The van der Waals surface area contributed by atoms with E-state index in [2.05, 4.69) is 0 Å². The number of hydrogen-bond donors (Lipinski definition) is 0. The van der Waals surface area contributed by atoms with Crippen molar-refractivity contribution in [2.45, 2.75) is 41.0 Å². The van der Waals surface area contributed by atoms with E-state index < -0.39 is 36.6 Å². The number of benzene rings is 3. The molecule has 0 saturated heterocycles. The van der Waals surface area contributed by atoms with Gasteiger partial charge in [-0.15, -0.1) is 0 Å². The Bertz CT molecular complexity index is 1240. The molecule has 0 amide bonds. The third-order valence-corrected chi connectivity index (χ3v) is 10.0. The van der Waals surface area contributed by atoms with E-state index in [1.165, 1.54) is 0 Å². The van der Waals surface area contributed by atoms with Crippen LogP contribution in [0, 0.1) is 28.7 Å². The van der Waals surface area contributed by atoms with E-state index >= 15 is 8.78 Å². The van der Waals surface area contributed by atoms with Gasteiger partial charge in [0.05, 0.1) is 0 Å². The average Bonchev–Trinajstić information content (AvgIpc) is 3.00. The largest absolute Gasteiger partial charge is 0.203 e. The molecule has 0 radical (unpaired) electrons. The summed E-state index contributed by atoms with van der Waals surface area (Å²) in [5.41, 5.74) is 3.52. The maximum absolute atomic E-state index is 15.7. The predicted octanol–water partition coefficient (Wildman–Crippen LogP) is 7.24. The number of halogens is 4. The zero-order valence-corrected chi connectivity index (χ0v) is 20.8. The lowest BCUT2D eigenvalue weighted by Crippen LogP contribution is -2.32. The molecule has 0 fully saturated rings. The van der Waals surface area contributed by atoms with Gasteiger partial charge in [-0.25, -0.2) is 17.6 Å². The van der Waals surface area contributed by atoms with Crippen LogP contribution in [0.3, 0.4) is 0 Å². The number of rotatable bonds is 5. The van der Waals surface area contributed by atoms with Crippen LogP contribution in [0.5, 0.6) is 0 Å². The Hall–Kier alpha value is -2.71. The molecule has 3 aromatic carbocycles. The quantitative estimate of drug-likeness (QED) is 0.156. The minimum absolute atomic E-state index is 0.0349. The maximum atomic E-state index is 15.7. The van der Waals surface area contributed by atoms with Crippen molar-refractivity contribution in [3.05, 3.63) is 112 Å². The van der Waals surface area contributed by atoms with Crippen molar-refractivity contribution >= 4 is 23.8 Å². The van der Waals surface area contributed by atoms with Crippen LogP contribution in [0.2, 0.25) is 0 Å². The highest BCUT2D eigenvalue weighted by Crippen LogP contribution is 2.49. The highest BCUT2D eigenvalue weighted by molar-refractivity contribution is 7.79. The van der Waals surface area contributed by atoms with Crippen molar-refractivity contribution in [3.8, 4) is 0 Å². The average molecular weight is 483 g/mol. The highest BCUT2D eigenvalue weighted by Gasteiger charge is 2.40. The number of allylic oxidation sites excluding steroid dienone is 4. The Morgan fingerprint density at radius 3 is 1.47 bits per heavy atom. The van der Waals surface area contributed by atoms with E-state index in [4.69, 9.17) is 0 Å². The number of hydrogen-bond acceptors (Lipinski definition) is 0. The first-order valence-corrected chi connectivity index (χ1v) is 12.5. The Morgan fingerprint density at radius 1 is 0.618 bits per heavy atom. The fourth-order valence-corrected chi connectivity index (χ4v) is 7.41. The van der Waals surface area contributed by atoms with E-state index in [9.17, 15) is 8.78 Å². The second-order valence-corrected chi connectivity index (χ2v) is 11.2. The standard InChI is InChI=1S/C29H27F4P/c1-17-18(2)20(4)29(5,19(17)3)16-23-24(30)25(31)26(32)27(33)28(23)34(21-12-8-6-9-13-21)22-14-10-7-11-15-22/h6-15H,16H2,1-5H3. The summed E-state index contributed by atoms with van der Waals surface area (Å²) in [4.78, 5) is 0. The van der Waals surface area contributed by atoms with Crippen LogP contribution in [0.25, 0.3) is 0 Å². The normalized spacial score (nSPS) is 15.6. The van der Waals surface area contributed by atoms with E-state index in [1.54, 1.807) is 0 Å². The van der Waals surface area contributed by atoms with Crippen LogP contribution >= 0.6 is 7.92 Å². The molecule has 176 valence electrons. The fraction of sp³-hybridized carbons (Fsp3) is 0.241. The van der Waals surface area contributed by atoms with Crippen LogP contribution in [0.4, 0.5) is 17.6 Å². The first kappa shape index (κ1) is 24.4. The predicted molar refractivity (Wildman–Crippen MR) is 134 cm³/mol. The Labute approximate surface area is 199 Å². The molecule has 0 aromatic heterocycles. The second kappa shape index (κ2) is 9.15. The SMILES string of the molecule is CC1=C(C)C(C)(Cc2c(F)c(F)c(F)c(F)c2P(c2ccccc2)c2ccccc2)C(C)=C1C. The fourth-order valence-electron chi connectivity index (χ4n) is 4.91. The summed E-state index contributed by atoms with van der Waals surface area (Å²) in [6.07, 6.45) is 0.0349. The topological polar surface area (TPSA) is 0 Å². The van der Waals surface area contributed by atoms with E-state index in [0.29, 0.717) is 0 Å². The van der Waals surface area contributed by atoms with Crippen molar-refractivity contribution in [2.24, 2.45) is 5.41 Å². The molecule has 1 aliphatic rings. The van der Waals surface area contributed by atoms with Crippen molar-refractivity contribution in [3.63, 3.8) is 0 Å². The molecule has 0 bridgehead atoms. The van der Waals surface area contributed by atoms with Crippen molar-refractivity contribution in [2.75, 3.05) is 0 Å². The van der Waals surface area contributed by atoms with Crippen molar-refractivity contribution < 1.29 is 17.6 Å². The summed E-state index contributed by atoms with van der Waals surface area (Å²) < 4.78 is 60.6. The summed E-state index contributed by atoms with van der Waals surface area (Å²) in [5, 5.41) is 1.38. The molecular formula is C29H27F4P. The molecule has 0 unspecified atom stereocenters. The molecular weight excluding hydrogens is 455 g/mol. The van der Waals surface area contributed by atoms with Crippen LogP contribution < -0.4 is 15.9 Å². The van der Waals surface area contributed by atoms with E-state index in [-0.39, 0.29) is 17.3 Å². The Morgan fingerprint density at radius 2 is 1.03 bits per heavy atom. The van der Waals surface area contributed by atoms with Crippen molar-refractivity contribution in [1.82, 2.24) is 0 Å². The molecule has 0 heterocycles. The lowest BCUT2D eigenvalue weighted by atomic mass is 9.74. The molecule has 0 nitrogen and oxygen atoms in total. The lowest BCUT2D eigenvalue weighted by molar-refractivity contribution is 0.397. The zero-order chi connectivity index (χ0) is 24.8. The monoisotopic (exact) mass is 482 g/mol. The lowest BCUT2D eigenvalue weighted by Gasteiger charge is -2.32. The van der Waals surface area contributed by atoms with Gasteiger partial charge in [-0.2, -0.15) is 0 Å². The molecule has 3 aromatic rings. The van der Waals surface area contributed by atoms with Gasteiger partial charge in [0.15, 0.2) is 23.3 Å². The van der Waals surface area contributed by atoms with Gasteiger partial charge < -0.3 is 0 Å². The highest BCUT2D eigenvalue weighted by atomic mass is 31.1. The van der Waals surface area contributed by atoms with Gasteiger partial charge in [0, 0.05) is 16.3 Å². The summed E-state index contributed by atoms with van der Waals surface area (Å²) in [7, 11) is -1.68. The van der Waals surface area contributed by atoms with Gasteiger partial charge in [0.25, 0.3) is 0 Å². The van der Waals surface area contributed by atoms with Crippen LogP contribution in [0.15, 0.2) is 83.0 Å². The summed E-state index contributed by atoms with van der Waals surface area (Å²) in [6.45, 7) is 9.92. The molecule has 4 rings (SSSR count). The Balaban J connectivity index is 2.04. The third-order valence-electron chi connectivity index (χ3n) is 7.46. The van der Waals surface area contributed by atoms with E-state index in [0.717, 1.165) is 32.9 Å². The maximum Gasteiger partial charge on any atom is 0.198 e. The molecule has 34 heavy (non-hydrogen) atoms. The smallest absolute Gasteiger partial charge is 0.198 e. The Kier molecular flexibility index (Phi) is 6.57. The molecule has 0 spiro atoms. The molecule has 0 saturated carbocycles. The first-order chi connectivity index (χ1) is 16.1. The van der Waals surface area contributed by atoms with Gasteiger partial charge in [-0.1, -0.05) is 78.7 Å². The van der Waals surface area contributed by atoms with Crippen LogP contribution in [0.1, 0.15) is 40.2 Å². The summed E-state index contributed by atoms with van der Waals surface area (Å²) in [5.74, 6) is -6.15. The van der Waals surface area contributed by atoms with Gasteiger partial charge in [-0.3, -0.25) is 0 Å².